The standard InChI is InChI=1S/C13H14N4O7/c18-5-6-10(21)9(16-3-1-7(19)14-12(16)22)11(24-6)17-4-2-8(20)15-13(17)23/h1-4,6,9-11,18,21H,5H2,(H,14,19,22)(H,15,20,23)/t6-,9+,10-,11-/m1/s1. The Morgan fingerprint density at radius 3 is 2.04 bits per heavy atom. The van der Waals surface area contributed by atoms with Gasteiger partial charge in [-0.15, -0.1) is 0 Å². The number of H-pyrrole nitrogens is 2. The lowest BCUT2D eigenvalue weighted by Crippen LogP contribution is -2.41. The first-order valence-electron chi connectivity index (χ1n) is 6.99. The molecule has 0 aliphatic carbocycles. The van der Waals surface area contributed by atoms with Crippen molar-refractivity contribution in [2.24, 2.45) is 0 Å². The topological polar surface area (TPSA) is 159 Å². The van der Waals surface area contributed by atoms with Crippen LogP contribution in [0.4, 0.5) is 0 Å². The van der Waals surface area contributed by atoms with Gasteiger partial charge in [0.05, 0.1) is 6.61 Å². The van der Waals surface area contributed by atoms with Crippen LogP contribution in [0.1, 0.15) is 12.3 Å². The number of aliphatic hydroxyl groups is 2. The highest BCUT2D eigenvalue weighted by Gasteiger charge is 2.46. The molecule has 0 radical (unpaired) electrons. The van der Waals surface area contributed by atoms with Crippen molar-refractivity contribution < 1.29 is 14.9 Å². The summed E-state index contributed by atoms with van der Waals surface area (Å²) < 4.78 is 7.46. The third-order valence-corrected chi connectivity index (χ3v) is 3.81. The molecule has 4 N–H and O–H groups in total. The van der Waals surface area contributed by atoms with E-state index in [-0.39, 0.29) is 0 Å². The van der Waals surface area contributed by atoms with Gasteiger partial charge in [0.2, 0.25) is 0 Å². The number of rotatable bonds is 3. The number of nitrogens with zero attached hydrogens (tertiary/aromatic N) is 2. The maximum atomic E-state index is 12.0. The van der Waals surface area contributed by atoms with E-state index in [0.717, 1.165) is 33.7 Å². The summed E-state index contributed by atoms with van der Waals surface area (Å²) in [4.78, 5) is 50.5. The highest BCUT2D eigenvalue weighted by atomic mass is 16.5. The molecule has 3 heterocycles. The maximum absolute atomic E-state index is 12.0. The third-order valence-electron chi connectivity index (χ3n) is 3.81. The first-order valence-corrected chi connectivity index (χ1v) is 6.99. The number of hydrogen-bond acceptors (Lipinski definition) is 7. The Balaban J connectivity index is 2.15. The normalized spacial score (nSPS) is 26.6. The molecule has 11 nitrogen and oxygen atoms in total. The maximum Gasteiger partial charge on any atom is 0.330 e. The van der Waals surface area contributed by atoms with E-state index in [1.165, 1.54) is 0 Å². The number of aliphatic hydroxyl groups excluding tert-OH is 2. The van der Waals surface area contributed by atoms with Crippen molar-refractivity contribution in [1.82, 2.24) is 19.1 Å². The average Bonchev–Trinajstić information content (AvgIpc) is 2.84. The monoisotopic (exact) mass is 338 g/mol. The molecule has 0 spiro atoms. The number of nitrogens with one attached hydrogen (secondary N) is 2. The van der Waals surface area contributed by atoms with Gasteiger partial charge in [0.1, 0.15) is 18.2 Å². The van der Waals surface area contributed by atoms with Gasteiger partial charge in [-0.25, -0.2) is 9.59 Å². The van der Waals surface area contributed by atoms with Gasteiger partial charge in [-0.3, -0.25) is 28.7 Å². The van der Waals surface area contributed by atoms with Gasteiger partial charge < -0.3 is 14.9 Å². The fourth-order valence-electron chi connectivity index (χ4n) is 2.70. The molecule has 1 aliphatic heterocycles. The van der Waals surface area contributed by atoms with Gasteiger partial charge in [0, 0.05) is 24.5 Å². The van der Waals surface area contributed by atoms with Crippen molar-refractivity contribution in [3.63, 3.8) is 0 Å². The molecule has 128 valence electrons. The van der Waals surface area contributed by atoms with E-state index in [2.05, 4.69) is 0 Å². The zero-order valence-corrected chi connectivity index (χ0v) is 12.2. The summed E-state index contributed by atoms with van der Waals surface area (Å²) >= 11 is 0. The van der Waals surface area contributed by atoms with Crippen molar-refractivity contribution in [1.29, 1.82) is 0 Å². The van der Waals surface area contributed by atoms with Crippen molar-refractivity contribution in [3.05, 3.63) is 66.2 Å². The summed E-state index contributed by atoms with van der Waals surface area (Å²) in [5.41, 5.74) is -2.86. The fourth-order valence-corrected chi connectivity index (χ4v) is 2.70. The van der Waals surface area contributed by atoms with Crippen molar-refractivity contribution in [3.8, 4) is 0 Å². The first-order chi connectivity index (χ1) is 11.4. The van der Waals surface area contributed by atoms with Crippen LogP contribution >= 0.6 is 0 Å². The summed E-state index contributed by atoms with van der Waals surface area (Å²) in [5, 5.41) is 19.7. The van der Waals surface area contributed by atoms with Gasteiger partial charge in [0.15, 0.2) is 6.23 Å². The highest BCUT2D eigenvalue weighted by Crippen LogP contribution is 2.36. The second-order valence-corrected chi connectivity index (χ2v) is 5.26. The van der Waals surface area contributed by atoms with E-state index in [0.29, 0.717) is 0 Å². The first kappa shape index (κ1) is 16.1. The predicted molar refractivity (Wildman–Crippen MR) is 78.7 cm³/mol. The molecule has 2 aromatic heterocycles. The lowest BCUT2D eigenvalue weighted by atomic mass is 10.1. The Labute approximate surface area is 132 Å². The molecule has 4 atom stereocenters. The molecule has 0 saturated carbocycles. The van der Waals surface area contributed by atoms with Crippen LogP contribution in [0.3, 0.4) is 0 Å². The molecule has 3 rings (SSSR count). The van der Waals surface area contributed by atoms with Crippen LogP contribution in [-0.2, 0) is 4.74 Å². The molecule has 1 fully saturated rings. The van der Waals surface area contributed by atoms with Crippen LogP contribution in [0, 0.1) is 0 Å². The van der Waals surface area contributed by atoms with E-state index in [1.807, 2.05) is 9.97 Å². The molecule has 2 aromatic rings. The SMILES string of the molecule is O=c1ccn([C@H]2[C@H](O)[C@@H](CO)O[C@H]2n2ccc(=O)[nH]c2=O)c(=O)[nH]1. The lowest BCUT2D eigenvalue weighted by Gasteiger charge is -2.23. The van der Waals surface area contributed by atoms with E-state index in [1.54, 1.807) is 0 Å². The van der Waals surface area contributed by atoms with Crippen LogP contribution in [-0.4, -0.2) is 48.1 Å². The minimum absolute atomic E-state index is 0.551. The van der Waals surface area contributed by atoms with E-state index in [9.17, 15) is 29.4 Å². The molecule has 11 heteroatoms. The average molecular weight is 338 g/mol. The molecule has 0 bridgehead atoms. The van der Waals surface area contributed by atoms with E-state index < -0.39 is 53.6 Å². The lowest BCUT2D eigenvalue weighted by molar-refractivity contribution is -0.0478. The number of aromatic nitrogens is 4. The van der Waals surface area contributed by atoms with Crippen molar-refractivity contribution in [2.45, 2.75) is 24.5 Å². The van der Waals surface area contributed by atoms with Gasteiger partial charge in [-0.2, -0.15) is 0 Å². The minimum atomic E-state index is -1.33. The van der Waals surface area contributed by atoms with Crippen LogP contribution in [0.2, 0.25) is 0 Å². The smallest absolute Gasteiger partial charge is 0.330 e. The summed E-state index contributed by atoms with van der Waals surface area (Å²) in [6.07, 6.45) is -1.26. The van der Waals surface area contributed by atoms with E-state index >= 15 is 0 Å². The Hall–Kier alpha value is -2.76. The van der Waals surface area contributed by atoms with Crippen LogP contribution < -0.4 is 22.5 Å². The third kappa shape index (κ3) is 2.64. The molecule has 0 aromatic carbocycles. The second-order valence-electron chi connectivity index (χ2n) is 5.26. The summed E-state index contributed by atoms with van der Waals surface area (Å²) in [7, 11) is 0. The summed E-state index contributed by atoms with van der Waals surface area (Å²) in [6.45, 7) is -0.551. The fraction of sp³-hybridized carbons (Fsp3) is 0.385. The molecule has 24 heavy (non-hydrogen) atoms. The van der Waals surface area contributed by atoms with Crippen molar-refractivity contribution >= 4 is 0 Å². The molecule has 1 saturated heterocycles. The minimum Gasteiger partial charge on any atom is -0.394 e. The molecule has 1 aliphatic rings. The van der Waals surface area contributed by atoms with Crippen LogP contribution in [0.25, 0.3) is 0 Å². The Morgan fingerprint density at radius 2 is 1.54 bits per heavy atom. The summed E-state index contributed by atoms with van der Waals surface area (Å²) in [6, 6.07) is 1.05. The van der Waals surface area contributed by atoms with Gasteiger partial charge >= 0.3 is 11.4 Å². The zero-order chi connectivity index (χ0) is 17.4. The molecular formula is C13H14N4O7. The van der Waals surface area contributed by atoms with Gasteiger partial charge in [-0.05, 0) is 0 Å². The quantitative estimate of drug-likeness (QED) is 0.460. The Morgan fingerprint density at radius 1 is 1.00 bits per heavy atom. The van der Waals surface area contributed by atoms with Gasteiger partial charge in [-0.1, -0.05) is 0 Å². The number of hydrogen-bond donors (Lipinski definition) is 4. The van der Waals surface area contributed by atoms with Gasteiger partial charge in [0.25, 0.3) is 11.1 Å². The number of aromatic amines is 2. The Bertz CT molecular complexity index is 971. The highest BCUT2D eigenvalue weighted by molar-refractivity contribution is 4.98. The molecule has 0 unspecified atom stereocenters. The largest absolute Gasteiger partial charge is 0.394 e. The number of ether oxygens (including phenoxy) is 1. The van der Waals surface area contributed by atoms with Crippen LogP contribution in [0.15, 0.2) is 43.7 Å². The van der Waals surface area contributed by atoms with Crippen molar-refractivity contribution in [2.75, 3.05) is 6.61 Å². The molecule has 0 amide bonds. The molecular weight excluding hydrogens is 324 g/mol. The van der Waals surface area contributed by atoms with E-state index in [4.69, 9.17) is 4.74 Å². The Kier molecular flexibility index (Phi) is 4.05. The zero-order valence-electron chi connectivity index (χ0n) is 12.2. The second kappa shape index (κ2) is 6.03. The predicted octanol–water partition coefficient (Wildman–Crippen LogP) is -3.12. The summed E-state index contributed by atoms with van der Waals surface area (Å²) in [5.74, 6) is 0. The van der Waals surface area contributed by atoms with Crippen LogP contribution in [0.5, 0.6) is 0 Å².